The van der Waals surface area contributed by atoms with Gasteiger partial charge < -0.3 is 0 Å². The van der Waals surface area contributed by atoms with Gasteiger partial charge in [-0.2, -0.15) is 5.26 Å². The topological polar surface area (TPSA) is 23.8 Å². The maximum absolute atomic E-state index is 9.13. The molecule has 0 aliphatic rings. The second-order valence-corrected chi connectivity index (χ2v) is 5.45. The predicted octanol–water partition coefficient (Wildman–Crippen LogP) is 5.49. The third-order valence-corrected chi connectivity index (χ3v) is 3.94. The lowest BCUT2D eigenvalue weighted by Gasteiger charge is -2.15. The summed E-state index contributed by atoms with van der Waals surface area (Å²) < 4.78 is 0. The zero-order valence-electron chi connectivity index (χ0n) is 12.5. The van der Waals surface area contributed by atoms with Gasteiger partial charge in [-0.15, -0.1) is 0 Å². The SMILES string of the molecule is CCCCCCCC(CC)Cc1ccccc1C#N. The Kier molecular flexibility index (Phi) is 7.98. The highest BCUT2D eigenvalue weighted by molar-refractivity contribution is 5.37. The van der Waals surface area contributed by atoms with Crippen molar-refractivity contribution in [3.05, 3.63) is 35.4 Å². The zero-order valence-corrected chi connectivity index (χ0v) is 12.5. The Morgan fingerprint density at radius 3 is 2.47 bits per heavy atom. The molecule has 0 N–H and O–H groups in total. The summed E-state index contributed by atoms with van der Waals surface area (Å²) in [5.74, 6) is 0.733. The summed E-state index contributed by atoms with van der Waals surface area (Å²) in [5, 5.41) is 9.13. The number of hydrogen-bond acceptors (Lipinski definition) is 1. The molecule has 1 nitrogen and oxygen atoms in total. The van der Waals surface area contributed by atoms with Crippen molar-refractivity contribution in [2.24, 2.45) is 5.92 Å². The molecule has 1 aromatic carbocycles. The summed E-state index contributed by atoms with van der Waals surface area (Å²) in [6.07, 6.45) is 10.3. The number of hydrogen-bond donors (Lipinski definition) is 0. The average molecular weight is 257 g/mol. The molecular weight excluding hydrogens is 230 g/mol. The average Bonchev–Trinajstić information content (AvgIpc) is 2.46. The van der Waals surface area contributed by atoms with Crippen LogP contribution in [-0.2, 0) is 6.42 Å². The first-order valence-corrected chi connectivity index (χ1v) is 7.79. The van der Waals surface area contributed by atoms with Crippen LogP contribution in [0.3, 0.4) is 0 Å². The Morgan fingerprint density at radius 2 is 1.79 bits per heavy atom. The number of rotatable bonds is 9. The fraction of sp³-hybridized carbons (Fsp3) is 0.611. The lowest BCUT2D eigenvalue weighted by Crippen LogP contribution is -2.05. The van der Waals surface area contributed by atoms with Gasteiger partial charge in [-0.25, -0.2) is 0 Å². The largest absolute Gasteiger partial charge is 0.192 e. The first-order valence-electron chi connectivity index (χ1n) is 7.79. The highest BCUT2D eigenvalue weighted by Crippen LogP contribution is 2.21. The first kappa shape index (κ1) is 15.8. The van der Waals surface area contributed by atoms with Crippen LogP contribution < -0.4 is 0 Å². The monoisotopic (exact) mass is 257 g/mol. The Morgan fingerprint density at radius 1 is 1.05 bits per heavy atom. The molecule has 0 aliphatic heterocycles. The molecule has 1 aromatic rings. The van der Waals surface area contributed by atoms with Gasteiger partial charge in [0.1, 0.15) is 0 Å². The highest BCUT2D eigenvalue weighted by atomic mass is 14.2. The summed E-state index contributed by atoms with van der Waals surface area (Å²) in [4.78, 5) is 0. The normalized spacial score (nSPS) is 12.1. The van der Waals surface area contributed by atoms with Crippen LogP contribution in [0.25, 0.3) is 0 Å². The van der Waals surface area contributed by atoms with Crippen LogP contribution in [-0.4, -0.2) is 0 Å². The predicted molar refractivity (Wildman–Crippen MR) is 82.0 cm³/mol. The number of benzene rings is 1. The quantitative estimate of drug-likeness (QED) is 0.537. The summed E-state index contributed by atoms with van der Waals surface area (Å²) in [6.45, 7) is 4.53. The molecule has 1 heteroatoms. The van der Waals surface area contributed by atoms with Gasteiger partial charge in [-0.1, -0.05) is 77.0 Å². The Balaban J connectivity index is 2.41. The van der Waals surface area contributed by atoms with E-state index in [1.807, 2.05) is 18.2 Å². The van der Waals surface area contributed by atoms with Gasteiger partial charge in [-0.05, 0) is 24.0 Å². The molecule has 0 radical (unpaired) electrons. The summed E-state index contributed by atoms with van der Waals surface area (Å²) in [5.41, 5.74) is 2.08. The van der Waals surface area contributed by atoms with Crippen molar-refractivity contribution in [2.45, 2.75) is 65.2 Å². The molecule has 0 aromatic heterocycles. The van der Waals surface area contributed by atoms with Crippen LogP contribution in [0.5, 0.6) is 0 Å². The van der Waals surface area contributed by atoms with Gasteiger partial charge in [0.15, 0.2) is 0 Å². The maximum atomic E-state index is 9.13. The van der Waals surface area contributed by atoms with E-state index in [9.17, 15) is 0 Å². The Labute approximate surface area is 118 Å². The van der Waals surface area contributed by atoms with E-state index < -0.39 is 0 Å². The zero-order chi connectivity index (χ0) is 13.9. The molecule has 0 aliphatic carbocycles. The van der Waals surface area contributed by atoms with E-state index in [0.29, 0.717) is 0 Å². The van der Waals surface area contributed by atoms with Crippen molar-refractivity contribution in [1.82, 2.24) is 0 Å². The van der Waals surface area contributed by atoms with Gasteiger partial charge in [0.2, 0.25) is 0 Å². The second-order valence-electron chi connectivity index (χ2n) is 5.45. The van der Waals surface area contributed by atoms with E-state index in [0.717, 1.165) is 17.9 Å². The lowest BCUT2D eigenvalue weighted by atomic mass is 9.90. The van der Waals surface area contributed by atoms with Crippen molar-refractivity contribution >= 4 is 0 Å². The second kappa shape index (κ2) is 9.62. The third kappa shape index (κ3) is 5.92. The van der Waals surface area contributed by atoms with Crippen LogP contribution in [0.1, 0.15) is 69.9 Å². The number of nitrogens with zero attached hydrogens (tertiary/aromatic N) is 1. The Hall–Kier alpha value is -1.29. The van der Waals surface area contributed by atoms with Crippen molar-refractivity contribution in [3.63, 3.8) is 0 Å². The fourth-order valence-electron chi connectivity index (χ4n) is 2.61. The van der Waals surface area contributed by atoms with E-state index in [1.54, 1.807) is 0 Å². The summed E-state index contributed by atoms with van der Waals surface area (Å²) in [6, 6.07) is 10.4. The molecule has 0 saturated heterocycles. The van der Waals surface area contributed by atoms with Gasteiger partial charge in [-0.3, -0.25) is 0 Å². The minimum absolute atomic E-state index is 0.733. The Bertz CT molecular complexity index is 389. The summed E-state index contributed by atoms with van der Waals surface area (Å²) >= 11 is 0. The first-order chi connectivity index (χ1) is 9.31. The number of nitriles is 1. The minimum Gasteiger partial charge on any atom is -0.192 e. The molecule has 0 spiro atoms. The molecule has 19 heavy (non-hydrogen) atoms. The van der Waals surface area contributed by atoms with Gasteiger partial charge in [0.05, 0.1) is 11.6 Å². The van der Waals surface area contributed by atoms with Crippen LogP contribution in [0, 0.1) is 17.2 Å². The molecule has 1 rings (SSSR count). The lowest BCUT2D eigenvalue weighted by molar-refractivity contribution is 0.437. The minimum atomic E-state index is 0.733. The van der Waals surface area contributed by atoms with Crippen LogP contribution in [0.15, 0.2) is 24.3 Å². The fourth-order valence-corrected chi connectivity index (χ4v) is 2.61. The molecule has 1 atom stereocenters. The van der Waals surface area contributed by atoms with Crippen LogP contribution in [0.4, 0.5) is 0 Å². The molecule has 0 bridgehead atoms. The molecule has 0 amide bonds. The van der Waals surface area contributed by atoms with E-state index >= 15 is 0 Å². The summed E-state index contributed by atoms with van der Waals surface area (Å²) in [7, 11) is 0. The van der Waals surface area contributed by atoms with E-state index in [4.69, 9.17) is 5.26 Å². The van der Waals surface area contributed by atoms with Crippen LogP contribution >= 0.6 is 0 Å². The van der Waals surface area contributed by atoms with E-state index in [-0.39, 0.29) is 0 Å². The molecular formula is C18H27N. The van der Waals surface area contributed by atoms with Crippen LogP contribution in [0.2, 0.25) is 0 Å². The van der Waals surface area contributed by atoms with Gasteiger partial charge in [0.25, 0.3) is 0 Å². The molecule has 104 valence electrons. The highest BCUT2D eigenvalue weighted by Gasteiger charge is 2.10. The third-order valence-electron chi connectivity index (χ3n) is 3.94. The smallest absolute Gasteiger partial charge is 0.0994 e. The van der Waals surface area contributed by atoms with Crippen molar-refractivity contribution in [2.75, 3.05) is 0 Å². The number of unbranched alkanes of at least 4 members (excludes halogenated alkanes) is 4. The standard InChI is InChI=1S/C18H27N/c1-3-5-6-7-8-11-16(4-2)14-17-12-9-10-13-18(17)15-19/h9-10,12-13,16H,3-8,11,14H2,1-2H3. The van der Waals surface area contributed by atoms with E-state index in [2.05, 4.69) is 26.0 Å². The van der Waals surface area contributed by atoms with Gasteiger partial charge in [0, 0.05) is 0 Å². The van der Waals surface area contributed by atoms with Gasteiger partial charge >= 0.3 is 0 Å². The molecule has 1 unspecified atom stereocenters. The molecule has 0 saturated carbocycles. The van der Waals surface area contributed by atoms with Crippen molar-refractivity contribution in [3.8, 4) is 6.07 Å². The van der Waals surface area contributed by atoms with Crippen molar-refractivity contribution in [1.29, 1.82) is 5.26 Å². The molecule has 0 heterocycles. The van der Waals surface area contributed by atoms with Crippen molar-refractivity contribution < 1.29 is 0 Å². The molecule has 0 fully saturated rings. The van der Waals surface area contributed by atoms with E-state index in [1.165, 1.54) is 50.5 Å². The maximum Gasteiger partial charge on any atom is 0.0994 e.